The number of piperazine rings is 1. The summed E-state index contributed by atoms with van der Waals surface area (Å²) in [4.78, 5) is 18.6. The number of hydrogen-bond donors (Lipinski definition) is 1. The van der Waals surface area contributed by atoms with E-state index in [9.17, 15) is 4.79 Å². The smallest absolute Gasteiger partial charge is 0.133 e. The first-order valence-corrected chi connectivity index (χ1v) is 9.65. The number of aromatic amines is 1. The molecule has 3 rings (SSSR count). The molecule has 6 heteroatoms. The monoisotopic (exact) mass is 377 g/mol. The average molecular weight is 378 g/mol. The SMILES string of the molecule is CC.COC.COc1cccc2[nH]cc(CCN3CCN(CC=O)CC3)c12. The van der Waals surface area contributed by atoms with Gasteiger partial charge in [0.2, 0.25) is 0 Å². The standard InChI is InChI=1S/C17H23N3O2.C2H6O.C2H6/c1-22-16-4-2-3-15-17(16)14(13-18-15)5-6-19-7-9-20(10-8-19)11-12-21;1-3-2;1-2/h2-4,12-13,18H,5-11H2,1H3;1-2H3;1-2H3. The fraction of sp³-hybridized carbons (Fsp3) is 0.571. The average Bonchev–Trinajstić information content (AvgIpc) is 3.13. The fourth-order valence-electron chi connectivity index (χ4n) is 3.17. The van der Waals surface area contributed by atoms with Gasteiger partial charge < -0.3 is 24.2 Å². The third-order valence-electron chi connectivity index (χ3n) is 4.46. The van der Waals surface area contributed by atoms with Crippen LogP contribution in [0.15, 0.2) is 24.4 Å². The molecule has 1 aliphatic heterocycles. The molecule has 0 atom stereocenters. The van der Waals surface area contributed by atoms with Gasteiger partial charge in [0.25, 0.3) is 0 Å². The lowest BCUT2D eigenvalue weighted by Gasteiger charge is -2.33. The van der Waals surface area contributed by atoms with E-state index in [1.165, 1.54) is 10.9 Å². The van der Waals surface area contributed by atoms with Crippen molar-refractivity contribution in [1.29, 1.82) is 0 Å². The van der Waals surface area contributed by atoms with Crippen LogP contribution < -0.4 is 4.74 Å². The summed E-state index contributed by atoms with van der Waals surface area (Å²) in [5.41, 5.74) is 2.44. The number of hydrogen-bond acceptors (Lipinski definition) is 5. The summed E-state index contributed by atoms with van der Waals surface area (Å²) >= 11 is 0. The van der Waals surface area contributed by atoms with Crippen molar-refractivity contribution in [3.05, 3.63) is 30.0 Å². The van der Waals surface area contributed by atoms with Crippen molar-refractivity contribution in [2.24, 2.45) is 0 Å². The number of nitrogens with zero attached hydrogens (tertiary/aromatic N) is 2. The number of ether oxygens (including phenoxy) is 2. The minimum Gasteiger partial charge on any atom is -0.496 e. The molecule has 1 aromatic carbocycles. The molecule has 0 amide bonds. The Balaban J connectivity index is 0.000000665. The highest BCUT2D eigenvalue weighted by Crippen LogP contribution is 2.28. The second-order valence-electron chi connectivity index (χ2n) is 6.16. The Morgan fingerprint density at radius 1 is 1.07 bits per heavy atom. The second kappa shape index (κ2) is 13.3. The molecule has 152 valence electrons. The van der Waals surface area contributed by atoms with Gasteiger partial charge in [-0.3, -0.25) is 4.90 Å². The van der Waals surface area contributed by atoms with Gasteiger partial charge in [-0.05, 0) is 24.1 Å². The first-order valence-electron chi connectivity index (χ1n) is 9.65. The maximum atomic E-state index is 10.6. The molecular weight excluding hydrogens is 342 g/mol. The van der Waals surface area contributed by atoms with Crippen molar-refractivity contribution in [3.63, 3.8) is 0 Å². The molecule has 0 unspecified atom stereocenters. The number of benzene rings is 1. The minimum absolute atomic E-state index is 0.563. The maximum absolute atomic E-state index is 10.6. The quantitative estimate of drug-likeness (QED) is 0.785. The van der Waals surface area contributed by atoms with Crippen molar-refractivity contribution < 1.29 is 14.3 Å². The molecular formula is C21H35N3O3. The molecule has 27 heavy (non-hydrogen) atoms. The lowest BCUT2D eigenvalue weighted by atomic mass is 10.1. The Bertz CT molecular complexity index is 649. The van der Waals surface area contributed by atoms with Gasteiger partial charge in [-0.25, -0.2) is 0 Å². The van der Waals surface area contributed by atoms with E-state index in [4.69, 9.17) is 4.74 Å². The van der Waals surface area contributed by atoms with Gasteiger partial charge in [0, 0.05) is 64.0 Å². The molecule has 0 bridgehead atoms. The highest BCUT2D eigenvalue weighted by atomic mass is 16.5. The molecule has 2 heterocycles. The van der Waals surface area contributed by atoms with E-state index in [1.807, 2.05) is 26.0 Å². The predicted octanol–water partition coefficient (Wildman–Crippen LogP) is 2.82. The fourth-order valence-corrected chi connectivity index (χ4v) is 3.17. The zero-order valence-corrected chi connectivity index (χ0v) is 17.5. The van der Waals surface area contributed by atoms with Gasteiger partial charge in [0.05, 0.1) is 13.7 Å². The van der Waals surface area contributed by atoms with Gasteiger partial charge >= 0.3 is 0 Å². The molecule has 0 aliphatic carbocycles. The van der Waals surface area contributed by atoms with E-state index in [2.05, 4.69) is 31.8 Å². The van der Waals surface area contributed by atoms with Crippen LogP contribution in [0.3, 0.4) is 0 Å². The molecule has 0 spiro atoms. The summed E-state index contributed by atoms with van der Waals surface area (Å²) in [6.45, 7) is 9.64. The Morgan fingerprint density at radius 2 is 1.70 bits per heavy atom. The number of H-pyrrole nitrogens is 1. The van der Waals surface area contributed by atoms with E-state index in [0.717, 1.165) is 56.7 Å². The van der Waals surface area contributed by atoms with Crippen LogP contribution in [-0.4, -0.2) is 81.7 Å². The number of fused-ring (bicyclic) bond motifs is 1. The van der Waals surface area contributed by atoms with Crippen LogP contribution in [0.2, 0.25) is 0 Å². The van der Waals surface area contributed by atoms with Crippen LogP contribution in [0.4, 0.5) is 0 Å². The van der Waals surface area contributed by atoms with Crippen LogP contribution in [0, 0.1) is 0 Å². The van der Waals surface area contributed by atoms with Crippen molar-refractivity contribution in [1.82, 2.24) is 14.8 Å². The first kappa shape index (κ1) is 23.1. The van der Waals surface area contributed by atoms with Crippen LogP contribution >= 0.6 is 0 Å². The van der Waals surface area contributed by atoms with Crippen molar-refractivity contribution in [2.75, 3.05) is 60.6 Å². The zero-order valence-electron chi connectivity index (χ0n) is 17.5. The number of nitrogens with one attached hydrogen (secondary N) is 1. The lowest BCUT2D eigenvalue weighted by Crippen LogP contribution is -2.47. The minimum atomic E-state index is 0.563. The molecule has 0 saturated carbocycles. The summed E-state index contributed by atoms with van der Waals surface area (Å²) in [5, 5.41) is 1.20. The van der Waals surface area contributed by atoms with Gasteiger partial charge in [0.1, 0.15) is 12.0 Å². The summed E-state index contributed by atoms with van der Waals surface area (Å²) in [6, 6.07) is 6.10. The van der Waals surface area contributed by atoms with Gasteiger partial charge in [0.15, 0.2) is 0 Å². The number of rotatable bonds is 6. The molecule has 1 aliphatic rings. The summed E-state index contributed by atoms with van der Waals surface area (Å²) in [5.74, 6) is 0.935. The third kappa shape index (κ3) is 6.97. The molecule has 1 fully saturated rings. The Kier molecular flexibility index (Phi) is 11.4. The molecule has 1 aromatic heterocycles. The van der Waals surface area contributed by atoms with E-state index in [-0.39, 0.29) is 0 Å². The highest BCUT2D eigenvalue weighted by Gasteiger charge is 2.17. The molecule has 6 nitrogen and oxygen atoms in total. The molecule has 0 radical (unpaired) electrons. The van der Waals surface area contributed by atoms with Crippen LogP contribution in [0.25, 0.3) is 10.9 Å². The number of carbonyl (C=O) groups excluding carboxylic acids is 1. The topological polar surface area (TPSA) is 57.8 Å². The summed E-state index contributed by atoms with van der Waals surface area (Å²) in [7, 11) is 4.97. The first-order chi connectivity index (χ1) is 13.2. The lowest BCUT2D eigenvalue weighted by molar-refractivity contribution is -0.109. The van der Waals surface area contributed by atoms with Crippen LogP contribution in [-0.2, 0) is 16.0 Å². The van der Waals surface area contributed by atoms with Crippen LogP contribution in [0.5, 0.6) is 5.75 Å². The number of carbonyl (C=O) groups is 1. The van der Waals surface area contributed by atoms with Crippen LogP contribution in [0.1, 0.15) is 19.4 Å². The van der Waals surface area contributed by atoms with E-state index in [1.54, 1.807) is 21.3 Å². The predicted molar refractivity (Wildman–Crippen MR) is 112 cm³/mol. The second-order valence-corrected chi connectivity index (χ2v) is 6.16. The van der Waals surface area contributed by atoms with Crippen molar-refractivity contribution >= 4 is 17.2 Å². The third-order valence-corrected chi connectivity index (χ3v) is 4.46. The number of aromatic nitrogens is 1. The van der Waals surface area contributed by atoms with E-state index < -0.39 is 0 Å². The van der Waals surface area contributed by atoms with Gasteiger partial charge in [-0.2, -0.15) is 0 Å². The molecule has 1 saturated heterocycles. The van der Waals surface area contributed by atoms with E-state index >= 15 is 0 Å². The molecule has 1 N–H and O–H groups in total. The summed E-state index contributed by atoms with van der Waals surface area (Å²) < 4.78 is 9.74. The Labute approximate surface area is 163 Å². The van der Waals surface area contributed by atoms with Crippen molar-refractivity contribution in [2.45, 2.75) is 20.3 Å². The Morgan fingerprint density at radius 3 is 2.30 bits per heavy atom. The zero-order chi connectivity index (χ0) is 20.1. The largest absolute Gasteiger partial charge is 0.496 e. The summed E-state index contributed by atoms with van der Waals surface area (Å²) in [6.07, 6.45) is 4.09. The maximum Gasteiger partial charge on any atom is 0.133 e. The van der Waals surface area contributed by atoms with E-state index in [0.29, 0.717) is 6.54 Å². The Hall–Kier alpha value is -1.89. The normalized spacial score (nSPS) is 14.7. The van der Waals surface area contributed by atoms with Gasteiger partial charge in [-0.1, -0.05) is 19.9 Å². The van der Waals surface area contributed by atoms with Crippen molar-refractivity contribution in [3.8, 4) is 5.75 Å². The van der Waals surface area contributed by atoms with Gasteiger partial charge in [-0.15, -0.1) is 0 Å². The number of aldehydes is 1. The number of methoxy groups -OCH3 is 2. The highest BCUT2D eigenvalue weighted by molar-refractivity contribution is 5.89. The molecule has 2 aromatic rings.